The van der Waals surface area contributed by atoms with E-state index in [1.54, 1.807) is 0 Å². The van der Waals surface area contributed by atoms with Crippen molar-refractivity contribution in [1.82, 2.24) is 9.78 Å². The fourth-order valence-electron chi connectivity index (χ4n) is 3.13. The van der Waals surface area contributed by atoms with Crippen LogP contribution in [0.5, 0.6) is 0 Å². The van der Waals surface area contributed by atoms with Crippen LogP contribution < -0.4 is 5.32 Å². The lowest BCUT2D eigenvalue weighted by Crippen LogP contribution is -2.38. The Balaban J connectivity index is 2.10. The number of aryl methyl sites for hydroxylation is 1. The topological polar surface area (TPSA) is 50.1 Å². The molecule has 1 unspecified atom stereocenters. The fourth-order valence-corrected chi connectivity index (χ4v) is 3.13. The lowest BCUT2D eigenvalue weighted by Gasteiger charge is -2.38. The van der Waals surface area contributed by atoms with Crippen LogP contribution >= 0.6 is 0 Å². The second kappa shape index (κ2) is 4.65. The van der Waals surface area contributed by atoms with Crippen molar-refractivity contribution >= 4 is 11.6 Å². The predicted octanol–water partition coefficient (Wildman–Crippen LogP) is 4.01. The molecule has 0 bridgehead atoms. The normalized spacial score (nSPS) is 19.7. The lowest BCUT2D eigenvalue weighted by atomic mass is 9.89. The molecule has 2 aromatic rings. The van der Waals surface area contributed by atoms with Crippen LogP contribution in [0.3, 0.4) is 0 Å². The zero-order valence-electron chi connectivity index (χ0n) is 12.7. The van der Waals surface area contributed by atoms with Crippen molar-refractivity contribution < 1.29 is 5.11 Å². The van der Waals surface area contributed by atoms with E-state index in [4.69, 9.17) is 0 Å². The number of hydrogen-bond acceptors (Lipinski definition) is 3. The Bertz CT molecular complexity index is 686. The van der Waals surface area contributed by atoms with Gasteiger partial charge in [-0.2, -0.15) is 5.10 Å². The number of aliphatic hydroxyl groups is 1. The number of anilines is 1. The molecule has 2 N–H and O–H groups in total. The molecule has 0 fully saturated rings. The minimum absolute atomic E-state index is 0.0609. The smallest absolute Gasteiger partial charge is 0.136 e. The molecule has 1 aliphatic heterocycles. The van der Waals surface area contributed by atoms with Gasteiger partial charge in [-0.3, -0.25) is 0 Å². The quantitative estimate of drug-likeness (QED) is 0.819. The van der Waals surface area contributed by atoms with E-state index in [-0.39, 0.29) is 17.3 Å². The van der Waals surface area contributed by atoms with Gasteiger partial charge in [-0.25, -0.2) is 4.68 Å². The van der Waals surface area contributed by atoms with Crippen LogP contribution in [0.4, 0.5) is 5.82 Å². The number of fused-ring (bicyclic) bond motifs is 1. The summed E-state index contributed by atoms with van der Waals surface area (Å²) in [5.41, 5.74) is 2.63. The van der Waals surface area contributed by atoms with E-state index in [0.717, 1.165) is 17.9 Å². The number of nitrogens with zero attached hydrogens (tertiary/aromatic N) is 2. The summed E-state index contributed by atoms with van der Waals surface area (Å²) in [6.07, 6.45) is 0.933. The van der Waals surface area contributed by atoms with E-state index < -0.39 is 0 Å². The van der Waals surface area contributed by atoms with Gasteiger partial charge in [0.25, 0.3) is 0 Å². The Morgan fingerprint density at radius 1 is 1.38 bits per heavy atom. The van der Waals surface area contributed by atoms with E-state index in [1.807, 2.05) is 29.8 Å². The number of nitrogens with one attached hydrogen (secondary N) is 1. The van der Waals surface area contributed by atoms with Crippen molar-refractivity contribution in [3.05, 3.63) is 53.7 Å². The van der Waals surface area contributed by atoms with Gasteiger partial charge < -0.3 is 10.4 Å². The van der Waals surface area contributed by atoms with Crippen molar-refractivity contribution in [3.63, 3.8) is 0 Å². The molecule has 1 aromatic carbocycles. The highest BCUT2D eigenvalue weighted by Crippen LogP contribution is 2.41. The number of benzene rings is 1. The number of hydrogen-bond donors (Lipinski definition) is 2. The zero-order chi connectivity index (χ0) is 15.2. The second-order valence-corrected chi connectivity index (χ2v) is 6.29. The fraction of sp³-hybridized carbons (Fsp3) is 0.353. The lowest BCUT2D eigenvalue weighted by molar-refractivity contribution is 0.262. The molecule has 2 heterocycles. The molecule has 1 atom stereocenters. The van der Waals surface area contributed by atoms with E-state index in [2.05, 4.69) is 43.0 Å². The largest absolute Gasteiger partial charge is 0.508 e. The molecule has 0 saturated heterocycles. The highest BCUT2D eigenvalue weighted by atomic mass is 16.3. The zero-order valence-corrected chi connectivity index (χ0v) is 12.7. The SMILES string of the molecule is C=C(O)c1c(C)nn2c1NC(c1ccccc1)CC2(C)C. The Morgan fingerprint density at radius 3 is 2.67 bits per heavy atom. The number of aliphatic hydroxyl groups excluding tert-OH is 1. The maximum atomic E-state index is 9.89. The molecule has 0 aliphatic carbocycles. The molecule has 110 valence electrons. The van der Waals surface area contributed by atoms with Crippen molar-refractivity contribution in [2.24, 2.45) is 0 Å². The highest BCUT2D eigenvalue weighted by molar-refractivity contribution is 5.71. The van der Waals surface area contributed by atoms with Crippen LogP contribution in [0.2, 0.25) is 0 Å². The minimum atomic E-state index is -0.125. The van der Waals surface area contributed by atoms with Gasteiger partial charge in [0, 0.05) is 0 Å². The highest BCUT2D eigenvalue weighted by Gasteiger charge is 2.36. The van der Waals surface area contributed by atoms with Crippen LogP contribution in [-0.2, 0) is 5.54 Å². The Hall–Kier alpha value is -2.23. The first kappa shape index (κ1) is 13.7. The summed E-state index contributed by atoms with van der Waals surface area (Å²) in [6, 6.07) is 10.6. The van der Waals surface area contributed by atoms with Gasteiger partial charge in [-0.05, 0) is 32.8 Å². The average Bonchev–Trinajstić information content (AvgIpc) is 2.76. The van der Waals surface area contributed by atoms with Gasteiger partial charge in [-0.15, -0.1) is 0 Å². The molecular weight excluding hydrogens is 262 g/mol. The molecule has 4 nitrogen and oxygen atoms in total. The maximum Gasteiger partial charge on any atom is 0.136 e. The summed E-state index contributed by atoms with van der Waals surface area (Å²) >= 11 is 0. The van der Waals surface area contributed by atoms with Gasteiger partial charge in [0.15, 0.2) is 0 Å². The summed E-state index contributed by atoms with van der Waals surface area (Å²) in [7, 11) is 0. The summed E-state index contributed by atoms with van der Waals surface area (Å²) < 4.78 is 1.97. The molecule has 1 aliphatic rings. The Kier molecular flexibility index (Phi) is 3.04. The van der Waals surface area contributed by atoms with E-state index >= 15 is 0 Å². The third-order valence-corrected chi connectivity index (χ3v) is 4.14. The molecule has 0 saturated carbocycles. The summed E-state index contributed by atoms with van der Waals surface area (Å²) in [5.74, 6) is 0.913. The number of aromatic nitrogens is 2. The molecule has 0 spiro atoms. The van der Waals surface area contributed by atoms with Crippen molar-refractivity contribution in [1.29, 1.82) is 0 Å². The molecule has 1 aromatic heterocycles. The number of rotatable bonds is 2. The van der Waals surface area contributed by atoms with Gasteiger partial charge in [0.1, 0.15) is 11.6 Å². The maximum absolute atomic E-state index is 9.89. The van der Waals surface area contributed by atoms with Crippen molar-refractivity contribution in [2.45, 2.75) is 38.8 Å². The van der Waals surface area contributed by atoms with Gasteiger partial charge in [0.05, 0.1) is 22.8 Å². The van der Waals surface area contributed by atoms with Crippen LogP contribution in [0.25, 0.3) is 5.76 Å². The molecule has 4 heteroatoms. The molecular formula is C17H21N3O. The predicted molar refractivity (Wildman–Crippen MR) is 85.4 cm³/mol. The Morgan fingerprint density at radius 2 is 2.05 bits per heavy atom. The van der Waals surface area contributed by atoms with E-state index in [1.165, 1.54) is 5.56 Å². The third kappa shape index (κ3) is 2.20. The van der Waals surface area contributed by atoms with Crippen molar-refractivity contribution in [3.8, 4) is 0 Å². The third-order valence-electron chi connectivity index (χ3n) is 4.14. The summed E-state index contributed by atoms with van der Waals surface area (Å²) in [5, 5.41) is 18.0. The van der Waals surface area contributed by atoms with Gasteiger partial charge in [0.2, 0.25) is 0 Å². The van der Waals surface area contributed by atoms with E-state index in [0.29, 0.717) is 5.56 Å². The average molecular weight is 283 g/mol. The van der Waals surface area contributed by atoms with Crippen LogP contribution in [-0.4, -0.2) is 14.9 Å². The van der Waals surface area contributed by atoms with Crippen molar-refractivity contribution in [2.75, 3.05) is 5.32 Å². The van der Waals surface area contributed by atoms with Crippen LogP contribution in [0.15, 0.2) is 36.9 Å². The molecule has 21 heavy (non-hydrogen) atoms. The standard InChI is InChI=1S/C17H21N3O/c1-11-15(12(2)21)16-18-14(13-8-6-5-7-9-13)10-17(3,4)20(16)19-11/h5-9,14,18,21H,2,10H2,1,3-4H3. The first-order valence-electron chi connectivity index (χ1n) is 7.20. The molecule has 0 radical (unpaired) electrons. The van der Waals surface area contributed by atoms with Gasteiger partial charge >= 0.3 is 0 Å². The van der Waals surface area contributed by atoms with Crippen LogP contribution in [0, 0.1) is 6.92 Å². The summed E-state index contributed by atoms with van der Waals surface area (Å²) in [6.45, 7) is 9.91. The molecule has 3 rings (SSSR count). The molecule has 0 amide bonds. The monoisotopic (exact) mass is 283 g/mol. The summed E-state index contributed by atoms with van der Waals surface area (Å²) in [4.78, 5) is 0. The first-order valence-corrected chi connectivity index (χ1v) is 7.20. The minimum Gasteiger partial charge on any atom is -0.508 e. The van der Waals surface area contributed by atoms with Gasteiger partial charge in [-0.1, -0.05) is 36.9 Å². The van der Waals surface area contributed by atoms with E-state index in [9.17, 15) is 5.11 Å². The second-order valence-electron chi connectivity index (χ2n) is 6.29. The van der Waals surface area contributed by atoms with Crippen LogP contribution in [0.1, 0.15) is 43.1 Å². The Labute approximate surface area is 125 Å². The first-order chi connectivity index (χ1) is 9.90.